The standard InChI is InChI=1S/C23H14Br2N2O2/c24-22-13-7-1-2-8-14(13)23(25,16-10-4-3-9-15(16)22)19-18(22)20(28)27(21(19)29)17-11-5-6-12-26-17/h1-12,18-19H. The number of hydrogen-bond donors (Lipinski definition) is 0. The number of amides is 2. The van der Waals surface area contributed by atoms with E-state index in [0.29, 0.717) is 5.82 Å². The van der Waals surface area contributed by atoms with Crippen molar-refractivity contribution < 1.29 is 9.59 Å². The molecule has 3 aliphatic carbocycles. The van der Waals surface area contributed by atoms with Crippen LogP contribution in [0.1, 0.15) is 22.3 Å². The van der Waals surface area contributed by atoms with Gasteiger partial charge >= 0.3 is 0 Å². The molecule has 2 unspecified atom stereocenters. The molecular formula is C23H14Br2N2O2. The lowest BCUT2D eigenvalue weighted by atomic mass is 9.54. The molecule has 7 rings (SSSR count). The third kappa shape index (κ3) is 1.87. The van der Waals surface area contributed by atoms with Crippen LogP contribution in [0.5, 0.6) is 0 Å². The number of halogens is 2. The molecule has 0 N–H and O–H groups in total. The summed E-state index contributed by atoms with van der Waals surface area (Å²) in [5.74, 6) is -1.20. The van der Waals surface area contributed by atoms with Gasteiger partial charge in [0.15, 0.2) is 0 Å². The molecule has 2 atom stereocenters. The molecule has 2 aromatic carbocycles. The number of carbonyl (C=O) groups is 2. The van der Waals surface area contributed by atoms with Gasteiger partial charge in [-0.1, -0.05) is 86.5 Å². The quantitative estimate of drug-likeness (QED) is 0.358. The summed E-state index contributed by atoms with van der Waals surface area (Å²) in [6.45, 7) is 0. The van der Waals surface area contributed by atoms with E-state index in [9.17, 15) is 9.59 Å². The molecule has 0 saturated carbocycles. The van der Waals surface area contributed by atoms with Gasteiger partial charge in [0.2, 0.25) is 11.8 Å². The Labute approximate surface area is 184 Å². The van der Waals surface area contributed by atoms with Crippen molar-refractivity contribution in [3.63, 3.8) is 0 Å². The molecule has 4 nitrogen and oxygen atoms in total. The minimum atomic E-state index is -0.767. The predicted molar refractivity (Wildman–Crippen MR) is 116 cm³/mol. The molecule has 1 saturated heterocycles. The Morgan fingerprint density at radius 1 is 0.690 bits per heavy atom. The fourth-order valence-corrected chi connectivity index (χ4v) is 7.68. The Kier molecular flexibility index (Phi) is 3.41. The zero-order valence-electron chi connectivity index (χ0n) is 15.0. The van der Waals surface area contributed by atoms with E-state index in [-0.39, 0.29) is 11.8 Å². The summed E-state index contributed by atoms with van der Waals surface area (Å²) in [5, 5.41) is 0. The summed E-state index contributed by atoms with van der Waals surface area (Å²) < 4.78 is -1.53. The number of pyridine rings is 1. The van der Waals surface area contributed by atoms with Crippen molar-refractivity contribution >= 4 is 49.5 Å². The van der Waals surface area contributed by atoms with Crippen molar-refractivity contribution in [2.24, 2.45) is 11.8 Å². The predicted octanol–water partition coefficient (Wildman–Crippen LogP) is 4.49. The lowest BCUT2D eigenvalue weighted by Gasteiger charge is -2.55. The summed E-state index contributed by atoms with van der Waals surface area (Å²) in [5.41, 5.74) is 4.11. The molecule has 0 radical (unpaired) electrons. The Morgan fingerprint density at radius 3 is 1.48 bits per heavy atom. The minimum Gasteiger partial charge on any atom is -0.274 e. The number of rotatable bonds is 1. The number of anilines is 1. The fourth-order valence-electron chi connectivity index (χ4n) is 5.38. The molecule has 6 heteroatoms. The van der Waals surface area contributed by atoms with Crippen LogP contribution in [0.15, 0.2) is 72.9 Å². The summed E-state index contributed by atoms with van der Waals surface area (Å²) >= 11 is 7.98. The first-order valence-electron chi connectivity index (χ1n) is 9.37. The summed E-state index contributed by atoms with van der Waals surface area (Å²) in [6, 6.07) is 21.4. The molecule has 2 amide bonds. The Bertz CT molecular complexity index is 1090. The van der Waals surface area contributed by atoms with Gasteiger partial charge in [0, 0.05) is 6.20 Å². The van der Waals surface area contributed by atoms with Gasteiger partial charge in [-0.2, -0.15) is 0 Å². The lowest BCUT2D eigenvalue weighted by Crippen LogP contribution is -2.56. The zero-order chi connectivity index (χ0) is 20.0. The van der Waals surface area contributed by atoms with Crippen LogP contribution in [0.4, 0.5) is 5.82 Å². The van der Waals surface area contributed by atoms with Crippen LogP contribution in [0.2, 0.25) is 0 Å². The van der Waals surface area contributed by atoms with Crippen molar-refractivity contribution in [2.75, 3.05) is 4.90 Å². The first-order chi connectivity index (χ1) is 14.0. The Morgan fingerprint density at radius 2 is 1.10 bits per heavy atom. The Hall–Kier alpha value is -2.31. The molecule has 1 fully saturated rings. The van der Waals surface area contributed by atoms with E-state index in [1.807, 2.05) is 48.5 Å². The number of imide groups is 1. The topological polar surface area (TPSA) is 50.3 Å². The highest BCUT2D eigenvalue weighted by atomic mass is 79.9. The van der Waals surface area contributed by atoms with E-state index < -0.39 is 20.5 Å². The molecule has 3 aromatic rings. The highest BCUT2D eigenvalue weighted by Gasteiger charge is 2.72. The highest BCUT2D eigenvalue weighted by molar-refractivity contribution is 9.10. The third-order valence-corrected chi connectivity index (χ3v) is 9.16. The van der Waals surface area contributed by atoms with Gasteiger partial charge in [0.25, 0.3) is 0 Å². The van der Waals surface area contributed by atoms with E-state index in [1.54, 1.807) is 24.4 Å². The lowest BCUT2D eigenvalue weighted by molar-refractivity contribution is -0.122. The van der Waals surface area contributed by atoms with E-state index in [1.165, 1.54) is 4.90 Å². The molecule has 2 bridgehead atoms. The maximum atomic E-state index is 13.7. The van der Waals surface area contributed by atoms with Crippen LogP contribution in [-0.4, -0.2) is 16.8 Å². The van der Waals surface area contributed by atoms with E-state index in [2.05, 4.69) is 36.8 Å². The average molecular weight is 510 g/mol. The number of nitrogens with zero attached hydrogens (tertiary/aromatic N) is 2. The second kappa shape index (κ2) is 5.64. The van der Waals surface area contributed by atoms with Gasteiger partial charge in [-0.25, -0.2) is 9.88 Å². The first-order valence-corrected chi connectivity index (χ1v) is 11.0. The van der Waals surface area contributed by atoms with Gasteiger partial charge in [-0.15, -0.1) is 0 Å². The molecule has 1 aliphatic heterocycles. The second-order valence-corrected chi connectivity index (χ2v) is 10.2. The summed E-state index contributed by atoms with van der Waals surface area (Å²) in [7, 11) is 0. The second-order valence-electron chi connectivity index (χ2n) is 7.67. The first kappa shape index (κ1) is 17.5. The van der Waals surface area contributed by atoms with Crippen molar-refractivity contribution in [3.05, 3.63) is 95.2 Å². The van der Waals surface area contributed by atoms with E-state index in [4.69, 9.17) is 0 Å². The largest absolute Gasteiger partial charge is 0.274 e. The minimum absolute atomic E-state index is 0.219. The smallest absolute Gasteiger partial charge is 0.241 e. The molecule has 4 aliphatic rings. The van der Waals surface area contributed by atoms with Crippen LogP contribution in [0.3, 0.4) is 0 Å². The molecule has 2 heterocycles. The monoisotopic (exact) mass is 508 g/mol. The van der Waals surface area contributed by atoms with Crippen LogP contribution < -0.4 is 4.90 Å². The van der Waals surface area contributed by atoms with Crippen molar-refractivity contribution in [2.45, 2.75) is 8.65 Å². The summed E-state index contributed by atoms with van der Waals surface area (Å²) in [6.07, 6.45) is 1.60. The van der Waals surface area contributed by atoms with Crippen LogP contribution >= 0.6 is 31.9 Å². The SMILES string of the molecule is O=C1C2C(C(=O)N1c1ccccn1)C1(Br)c3ccccc3C2(Br)c2ccccc21. The van der Waals surface area contributed by atoms with Crippen LogP contribution in [0, 0.1) is 11.8 Å². The number of benzene rings is 2. The molecule has 1 aromatic heterocycles. The number of carbonyl (C=O) groups excluding carboxylic acids is 2. The number of hydrogen-bond acceptors (Lipinski definition) is 3. The van der Waals surface area contributed by atoms with Gasteiger partial charge in [0.05, 0.1) is 20.5 Å². The Balaban J connectivity index is 1.69. The maximum absolute atomic E-state index is 13.7. The van der Waals surface area contributed by atoms with Gasteiger partial charge in [-0.05, 0) is 34.4 Å². The maximum Gasteiger partial charge on any atom is 0.241 e. The van der Waals surface area contributed by atoms with Gasteiger partial charge < -0.3 is 0 Å². The molecular weight excluding hydrogens is 496 g/mol. The molecule has 29 heavy (non-hydrogen) atoms. The normalized spacial score (nSPS) is 31.4. The van der Waals surface area contributed by atoms with Crippen molar-refractivity contribution in [3.8, 4) is 0 Å². The highest BCUT2D eigenvalue weighted by Crippen LogP contribution is 2.70. The van der Waals surface area contributed by atoms with Gasteiger partial charge in [0.1, 0.15) is 5.82 Å². The van der Waals surface area contributed by atoms with Crippen LogP contribution in [-0.2, 0) is 18.2 Å². The van der Waals surface area contributed by atoms with Gasteiger partial charge in [-0.3, -0.25) is 9.59 Å². The number of alkyl halides is 2. The van der Waals surface area contributed by atoms with E-state index in [0.717, 1.165) is 22.3 Å². The van der Waals surface area contributed by atoms with E-state index >= 15 is 0 Å². The number of aromatic nitrogens is 1. The fraction of sp³-hybridized carbons (Fsp3) is 0.174. The molecule has 0 spiro atoms. The summed E-state index contributed by atoms with van der Waals surface area (Å²) in [4.78, 5) is 33.0. The van der Waals surface area contributed by atoms with Crippen molar-refractivity contribution in [1.82, 2.24) is 4.98 Å². The zero-order valence-corrected chi connectivity index (χ0v) is 18.2. The average Bonchev–Trinajstić information content (AvgIpc) is 3.04. The third-order valence-electron chi connectivity index (χ3n) is 6.46. The van der Waals surface area contributed by atoms with Crippen molar-refractivity contribution in [1.29, 1.82) is 0 Å². The molecule has 142 valence electrons. The van der Waals surface area contributed by atoms with Crippen LogP contribution in [0.25, 0.3) is 0 Å².